The number of nitrogens with one attached hydrogen (secondary N) is 3. The number of hydrogen-bond donors (Lipinski definition) is 6. The molecule has 0 fully saturated rings. The number of carbonyl (C=O) groups excluding carboxylic acids is 3. The average molecular weight is 362 g/mol. The standard InChI is InChI=1S/C14H26N4O5S/c1-6(2)10(14(22)23)18-12(20)8(4)16-13(21)9(5-24)17-11(19)7(3)15/h6-10,24H,5,15H2,1-4H3,(H,16,21)(H,17,19)(H,18,20)(H,22,23). The Morgan fingerprint density at radius 2 is 1.50 bits per heavy atom. The van der Waals surface area contributed by atoms with Crippen LogP contribution in [0.2, 0.25) is 0 Å². The number of rotatable bonds is 9. The maximum absolute atomic E-state index is 12.1. The molecular formula is C14H26N4O5S. The first-order chi connectivity index (χ1) is 11.0. The van der Waals surface area contributed by atoms with Crippen LogP contribution in [0, 0.1) is 5.92 Å². The summed E-state index contributed by atoms with van der Waals surface area (Å²) in [6.07, 6.45) is 0. The van der Waals surface area contributed by atoms with Crippen LogP contribution < -0.4 is 21.7 Å². The molecule has 0 aromatic carbocycles. The summed E-state index contributed by atoms with van der Waals surface area (Å²) in [6, 6.07) is -3.78. The van der Waals surface area contributed by atoms with E-state index in [2.05, 4.69) is 28.6 Å². The molecule has 0 saturated carbocycles. The van der Waals surface area contributed by atoms with Crippen LogP contribution in [0.4, 0.5) is 0 Å². The van der Waals surface area contributed by atoms with E-state index in [1.165, 1.54) is 13.8 Å². The number of amides is 3. The highest BCUT2D eigenvalue weighted by atomic mass is 32.1. The highest BCUT2D eigenvalue weighted by molar-refractivity contribution is 7.80. The predicted octanol–water partition coefficient (Wildman–Crippen LogP) is -1.52. The lowest BCUT2D eigenvalue weighted by molar-refractivity contribution is -0.143. The van der Waals surface area contributed by atoms with Crippen molar-refractivity contribution in [3.05, 3.63) is 0 Å². The zero-order valence-corrected chi connectivity index (χ0v) is 15.1. The van der Waals surface area contributed by atoms with E-state index >= 15 is 0 Å². The highest BCUT2D eigenvalue weighted by Gasteiger charge is 2.28. The highest BCUT2D eigenvalue weighted by Crippen LogP contribution is 2.02. The fraction of sp³-hybridized carbons (Fsp3) is 0.714. The Labute approximate surface area is 146 Å². The van der Waals surface area contributed by atoms with Crippen molar-refractivity contribution in [2.45, 2.75) is 51.9 Å². The minimum absolute atomic E-state index is 0.0162. The quantitative estimate of drug-likeness (QED) is 0.274. The number of hydrogen-bond acceptors (Lipinski definition) is 6. The minimum Gasteiger partial charge on any atom is -0.480 e. The van der Waals surface area contributed by atoms with Crippen molar-refractivity contribution in [2.24, 2.45) is 11.7 Å². The molecule has 4 unspecified atom stereocenters. The molecule has 0 aromatic heterocycles. The Balaban J connectivity index is 4.74. The largest absolute Gasteiger partial charge is 0.480 e. The van der Waals surface area contributed by atoms with Gasteiger partial charge in [-0.1, -0.05) is 13.8 Å². The van der Waals surface area contributed by atoms with Crippen LogP contribution in [0.3, 0.4) is 0 Å². The van der Waals surface area contributed by atoms with Crippen molar-refractivity contribution in [3.63, 3.8) is 0 Å². The lowest BCUT2D eigenvalue weighted by Gasteiger charge is -2.23. The second-order valence-corrected chi connectivity index (χ2v) is 6.20. The van der Waals surface area contributed by atoms with Gasteiger partial charge in [-0.05, 0) is 19.8 Å². The summed E-state index contributed by atoms with van der Waals surface area (Å²) in [6.45, 7) is 6.19. The van der Waals surface area contributed by atoms with E-state index in [-0.39, 0.29) is 11.7 Å². The van der Waals surface area contributed by atoms with E-state index in [9.17, 15) is 19.2 Å². The van der Waals surface area contributed by atoms with E-state index in [4.69, 9.17) is 10.8 Å². The topological polar surface area (TPSA) is 151 Å². The second-order valence-electron chi connectivity index (χ2n) is 5.83. The van der Waals surface area contributed by atoms with Gasteiger partial charge in [0.15, 0.2) is 0 Å². The van der Waals surface area contributed by atoms with Crippen LogP contribution in [0.25, 0.3) is 0 Å². The Kier molecular flexibility index (Phi) is 9.37. The van der Waals surface area contributed by atoms with E-state index in [0.29, 0.717) is 0 Å². The first-order valence-corrected chi connectivity index (χ1v) is 8.14. The number of carbonyl (C=O) groups is 4. The molecule has 138 valence electrons. The average Bonchev–Trinajstić information content (AvgIpc) is 2.48. The van der Waals surface area contributed by atoms with Gasteiger partial charge in [0.2, 0.25) is 17.7 Å². The summed E-state index contributed by atoms with van der Waals surface area (Å²) in [7, 11) is 0. The Bertz CT molecular complexity index is 484. The predicted molar refractivity (Wildman–Crippen MR) is 91.4 cm³/mol. The summed E-state index contributed by atoms with van der Waals surface area (Å²) in [4.78, 5) is 46.7. The minimum atomic E-state index is -1.16. The fourth-order valence-corrected chi connectivity index (χ4v) is 1.93. The van der Waals surface area contributed by atoms with Gasteiger partial charge >= 0.3 is 5.97 Å². The molecule has 4 atom stereocenters. The zero-order chi connectivity index (χ0) is 19.0. The molecule has 0 heterocycles. The summed E-state index contributed by atoms with van der Waals surface area (Å²) in [5, 5.41) is 16.2. The first kappa shape index (κ1) is 22.2. The lowest BCUT2D eigenvalue weighted by Crippen LogP contribution is -2.57. The molecule has 0 aliphatic heterocycles. The normalized spacial score (nSPS) is 15.8. The van der Waals surface area contributed by atoms with Crippen molar-refractivity contribution in [3.8, 4) is 0 Å². The third-order valence-corrected chi connectivity index (χ3v) is 3.58. The van der Waals surface area contributed by atoms with E-state index in [0.717, 1.165) is 0 Å². The molecule has 0 rings (SSSR count). The van der Waals surface area contributed by atoms with E-state index in [1.807, 2.05) is 0 Å². The van der Waals surface area contributed by atoms with Crippen molar-refractivity contribution in [2.75, 3.05) is 5.75 Å². The SMILES string of the molecule is CC(N)C(=O)NC(CS)C(=O)NC(C)C(=O)NC(C(=O)O)C(C)C. The van der Waals surface area contributed by atoms with E-state index in [1.54, 1.807) is 13.8 Å². The monoisotopic (exact) mass is 362 g/mol. The van der Waals surface area contributed by atoms with Crippen molar-refractivity contribution >= 4 is 36.3 Å². The molecule has 9 nitrogen and oxygen atoms in total. The molecule has 10 heteroatoms. The summed E-state index contributed by atoms with van der Waals surface area (Å²) in [5.41, 5.74) is 5.41. The van der Waals surface area contributed by atoms with Crippen LogP contribution in [-0.2, 0) is 19.2 Å². The number of aliphatic carboxylic acids is 1. The Morgan fingerprint density at radius 3 is 1.88 bits per heavy atom. The van der Waals surface area contributed by atoms with Gasteiger partial charge in [0.1, 0.15) is 18.1 Å². The number of carboxylic acids is 1. The number of carboxylic acid groups (broad SMARTS) is 1. The maximum Gasteiger partial charge on any atom is 0.326 e. The molecular weight excluding hydrogens is 336 g/mol. The third-order valence-electron chi connectivity index (χ3n) is 3.21. The summed E-state index contributed by atoms with van der Waals surface area (Å²) >= 11 is 3.99. The molecule has 24 heavy (non-hydrogen) atoms. The molecule has 0 radical (unpaired) electrons. The Morgan fingerprint density at radius 1 is 0.958 bits per heavy atom. The van der Waals surface area contributed by atoms with Crippen LogP contribution >= 0.6 is 12.6 Å². The van der Waals surface area contributed by atoms with Crippen LogP contribution in [0.15, 0.2) is 0 Å². The smallest absolute Gasteiger partial charge is 0.326 e. The molecule has 0 aliphatic carbocycles. The van der Waals surface area contributed by atoms with Gasteiger partial charge in [-0.2, -0.15) is 12.6 Å². The number of thiol groups is 1. The molecule has 0 saturated heterocycles. The molecule has 0 aliphatic rings. The molecule has 0 spiro atoms. The van der Waals surface area contributed by atoms with Gasteiger partial charge in [0.25, 0.3) is 0 Å². The summed E-state index contributed by atoms with van der Waals surface area (Å²) in [5.74, 6) is -3.23. The molecule has 3 amide bonds. The van der Waals surface area contributed by atoms with Crippen LogP contribution in [0.1, 0.15) is 27.7 Å². The zero-order valence-electron chi connectivity index (χ0n) is 14.2. The van der Waals surface area contributed by atoms with Gasteiger partial charge in [0, 0.05) is 5.75 Å². The molecule has 0 aromatic rings. The molecule has 0 bridgehead atoms. The van der Waals surface area contributed by atoms with E-state index < -0.39 is 47.9 Å². The van der Waals surface area contributed by atoms with Crippen molar-refractivity contribution in [1.29, 1.82) is 0 Å². The Hall–Kier alpha value is -1.81. The molecule has 6 N–H and O–H groups in total. The summed E-state index contributed by atoms with van der Waals surface area (Å²) < 4.78 is 0. The fourth-order valence-electron chi connectivity index (χ4n) is 1.67. The number of nitrogens with two attached hydrogens (primary N) is 1. The first-order valence-electron chi connectivity index (χ1n) is 7.51. The van der Waals surface area contributed by atoms with Gasteiger partial charge < -0.3 is 26.8 Å². The maximum atomic E-state index is 12.1. The third kappa shape index (κ3) is 7.18. The van der Waals surface area contributed by atoms with Crippen LogP contribution in [0.5, 0.6) is 0 Å². The van der Waals surface area contributed by atoms with Crippen molar-refractivity contribution < 1.29 is 24.3 Å². The van der Waals surface area contributed by atoms with Gasteiger partial charge in [0.05, 0.1) is 6.04 Å². The van der Waals surface area contributed by atoms with Gasteiger partial charge in [-0.15, -0.1) is 0 Å². The van der Waals surface area contributed by atoms with Gasteiger partial charge in [-0.25, -0.2) is 4.79 Å². The van der Waals surface area contributed by atoms with Gasteiger partial charge in [-0.3, -0.25) is 14.4 Å². The van der Waals surface area contributed by atoms with Crippen LogP contribution in [-0.4, -0.2) is 58.7 Å². The lowest BCUT2D eigenvalue weighted by atomic mass is 10.0. The van der Waals surface area contributed by atoms with Crippen molar-refractivity contribution in [1.82, 2.24) is 16.0 Å². The second kappa shape index (κ2) is 10.1.